The molecule has 0 atom stereocenters. The van der Waals surface area contributed by atoms with Gasteiger partial charge in [0, 0.05) is 7.26 Å². The average molecular weight is 683 g/mol. The molecule has 0 aromatic heterocycles. The van der Waals surface area contributed by atoms with Gasteiger partial charge in [-0.3, -0.25) is 9.59 Å². The first-order valence-electron chi connectivity index (χ1n) is 19.4. The Labute approximate surface area is 292 Å². The minimum Gasteiger partial charge on any atom is -0.610 e. The van der Waals surface area contributed by atoms with Gasteiger partial charge in [0.25, 0.3) is 0 Å². The van der Waals surface area contributed by atoms with Gasteiger partial charge in [-0.15, -0.1) is 0 Å². The Bertz CT molecular complexity index is 1130. The molecule has 4 rings (SSSR count). The van der Waals surface area contributed by atoms with E-state index < -0.39 is 26.2 Å². The number of rotatable bonds is 22. The Morgan fingerprint density at radius 1 is 0.438 bits per heavy atom. The lowest BCUT2D eigenvalue weighted by Crippen LogP contribution is -2.61. The normalized spacial score (nSPS) is 14.5. The largest absolute Gasteiger partial charge is 0.781 e. The third kappa shape index (κ3) is 13.1. The number of unbranched alkanes of at least 4 members (excludes halogenated alkanes) is 14. The van der Waals surface area contributed by atoms with Gasteiger partial charge in [0.15, 0.2) is 0 Å². The van der Waals surface area contributed by atoms with Crippen LogP contribution >= 0.6 is 7.26 Å². The number of hydrogen-bond donors (Lipinski definition) is 0. The summed E-state index contributed by atoms with van der Waals surface area (Å²) in [6, 6.07) is 13.0. The van der Waals surface area contributed by atoms with Gasteiger partial charge in [-0.05, 0) is 56.4 Å². The van der Waals surface area contributed by atoms with Gasteiger partial charge in [-0.2, -0.15) is 0 Å². The fourth-order valence-electron chi connectivity index (χ4n) is 6.76. The summed E-state index contributed by atoms with van der Waals surface area (Å²) >= 11 is 0. The second-order valence-corrected chi connectivity index (χ2v) is 18.3. The molecular formula is C40H64BO6P. The predicted molar refractivity (Wildman–Crippen MR) is 203 cm³/mol. The van der Waals surface area contributed by atoms with Crippen molar-refractivity contribution in [2.75, 3.05) is 24.6 Å². The van der Waals surface area contributed by atoms with Gasteiger partial charge in [0.1, 0.15) is 0 Å². The van der Waals surface area contributed by atoms with Crippen molar-refractivity contribution >= 4 is 26.2 Å². The zero-order valence-electron chi connectivity index (χ0n) is 30.6. The van der Waals surface area contributed by atoms with Crippen molar-refractivity contribution < 1.29 is 28.2 Å². The minimum absolute atomic E-state index is 0.251. The van der Waals surface area contributed by atoms with Crippen LogP contribution in [0.3, 0.4) is 0 Å². The zero-order chi connectivity index (χ0) is 34.5. The monoisotopic (exact) mass is 682 g/mol. The molecule has 48 heavy (non-hydrogen) atoms. The Hall–Kier alpha value is -2.53. The summed E-state index contributed by atoms with van der Waals surface area (Å²) in [5.74, 6) is -0.824. The minimum atomic E-state index is -2.97. The second kappa shape index (κ2) is 22.2. The molecule has 6 nitrogen and oxygen atoms in total. The molecule has 2 heterocycles. The fraction of sp³-hybridized carbons (Fsp3) is 0.650. The summed E-state index contributed by atoms with van der Waals surface area (Å²) in [6.45, 7) is 6.50. The number of hydrogen-bond acceptors (Lipinski definition) is 6. The molecule has 8 heteroatoms. The van der Waals surface area contributed by atoms with Crippen LogP contribution in [-0.2, 0) is 9.31 Å². The zero-order valence-corrected chi connectivity index (χ0v) is 31.5. The highest BCUT2D eigenvalue weighted by molar-refractivity contribution is 7.75. The summed E-state index contributed by atoms with van der Waals surface area (Å²) in [5, 5.41) is 0. The van der Waals surface area contributed by atoms with Gasteiger partial charge < -0.3 is 18.6 Å². The topological polar surface area (TPSA) is 71.1 Å². The summed E-state index contributed by atoms with van der Waals surface area (Å²) in [6.07, 6.45) is 33.0. The van der Waals surface area contributed by atoms with Gasteiger partial charge in [-0.1, -0.05) is 135 Å². The van der Waals surface area contributed by atoms with E-state index in [0.717, 1.165) is 0 Å². The molecule has 0 N–H and O–H groups in total. The molecule has 1 spiro atoms. The highest BCUT2D eigenvalue weighted by Crippen LogP contribution is 2.61. The standard InChI is InChI=1S/C26H56P.C14H8BO6/c1-5-9-13-14-15-16-17-18-19-20-21-22-26-27(23-10-6-2,24-11-7-3)25-12-8-4;16-13-9-5-1-3-7-11(9)18-15(20-13)19-12-8-4-2-6-10(12)14(17)21-15/h5-26H2,1-4H3;1-8H/q+1;-1. The van der Waals surface area contributed by atoms with E-state index in [0.29, 0.717) is 0 Å². The molecule has 2 aromatic rings. The van der Waals surface area contributed by atoms with E-state index in [2.05, 4.69) is 27.7 Å². The van der Waals surface area contributed by atoms with Crippen LogP contribution in [0, 0.1) is 0 Å². The Morgan fingerprint density at radius 2 is 0.771 bits per heavy atom. The first-order chi connectivity index (χ1) is 23.4. The number of carbonyl (C=O) groups excluding carboxylic acids is 2. The molecule has 0 saturated heterocycles. The molecule has 0 saturated carbocycles. The van der Waals surface area contributed by atoms with Crippen LogP contribution < -0.4 is 9.31 Å². The molecule has 2 aromatic carbocycles. The van der Waals surface area contributed by atoms with Gasteiger partial charge in [-0.25, -0.2) is 0 Å². The quantitative estimate of drug-likeness (QED) is 0.0699. The molecule has 268 valence electrons. The Kier molecular flexibility index (Phi) is 18.5. The maximum Gasteiger partial charge on any atom is 0.781 e. The van der Waals surface area contributed by atoms with Crippen LogP contribution in [0.4, 0.5) is 0 Å². The predicted octanol–water partition coefficient (Wildman–Crippen LogP) is 12.0. The van der Waals surface area contributed by atoms with Crippen molar-refractivity contribution in [2.45, 2.75) is 143 Å². The van der Waals surface area contributed by atoms with Crippen LogP contribution in [0.15, 0.2) is 48.5 Å². The van der Waals surface area contributed by atoms with Gasteiger partial charge in [0.2, 0.25) is 0 Å². The molecule has 0 aliphatic carbocycles. The van der Waals surface area contributed by atoms with E-state index in [1.165, 1.54) is 109 Å². The van der Waals surface area contributed by atoms with Crippen molar-refractivity contribution in [3.05, 3.63) is 59.7 Å². The third-order valence-corrected chi connectivity index (χ3v) is 14.8. The lowest BCUT2D eigenvalue weighted by Gasteiger charge is -2.45. The van der Waals surface area contributed by atoms with Crippen LogP contribution in [0.25, 0.3) is 0 Å². The van der Waals surface area contributed by atoms with Crippen molar-refractivity contribution in [1.82, 2.24) is 0 Å². The Balaban J connectivity index is 0.000000266. The highest BCUT2D eigenvalue weighted by atomic mass is 31.2. The fourth-order valence-corrected chi connectivity index (χ4v) is 12.0. The summed E-state index contributed by atoms with van der Waals surface area (Å²) in [5.41, 5.74) is 0.506. The Morgan fingerprint density at radius 3 is 1.17 bits per heavy atom. The van der Waals surface area contributed by atoms with E-state index >= 15 is 0 Å². The molecule has 0 radical (unpaired) electrons. The summed E-state index contributed by atoms with van der Waals surface area (Å²) in [4.78, 5) is 24.0. The van der Waals surface area contributed by atoms with Crippen LogP contribution in [0.2, 0.25) is 0 Å². The number of para-hydroxylation sites is 2. The van der Waals surface area contributed by atoms with E-state index in [4.69, 9.17) is 18.6 Å². The van der Waals surface area contributed by atoms with Crippen LogP contribution in [-0.4, -0.2) is 43.5 Å². The number of fused-ring (bicyclic) bond motifs is 2. The van der Waals surface area contributed by atoms with Crippen molar-refractivity contribution in [2.24, 2.45) is 0 Å². The van der Waals surface area contributed by atoms with Crippen LogP contribution in [0.1, 0.15) is 164 Å². The highest BCUT2D eigenvalue weighted by Gasteiger charge is 2.52. The lowest BCUT2D eigenvalue weighted by atomic mass is 9.96. The first-order valence-corrected chi connectivity index (χ1v) is 21.9. The van der Waals surface area contributed by atoms with Crippen molar-refractivity contribution in [1.29, 1.82) is 0 Å². The van der Waals surface area contributed by atoms with Crippen molar-refractivity contribution in [3.63, 3.8) is 0 Å². The third-order valence-electron chi connectivity index (χ3n) is 9.70. The summed E-state index contributed by atoms with van der Waals surface area (Å²) < 4.78 is 21.2. The lowest BCUT2D eigenvalue weighted by molar-refractivity contribution is 0.0177. The smallest absolute Gasteiger partial charge is 0.610 e. The van der Waals surface area contributed by atoms with E-state index in [9.17, 15) is 9.59 Å². The van der Waals surface area contributed by atoms with Gasteiger partial charge in [0.05, 0.1) is 47.3 Å². The molecular weight excluding hydrogens is 618 g/mol. The van der Waals surface area contributed by atoms with E-state index in [1.807, 2.05) is 0 Å². The van der Waals surface area contributed by atoms with Crippen molar-refractivity contribution in [3.8, 4) is 11.5 Å². The average Bonchev–Trinajstić information content (AvgIpc) is 3.09. The summed E-state index contributed by atoms with van der Waals surface area (Å²) in [7, 11) is -0.626. The van der Waals surface area contributed by atoms with E-state index in [1.54, 1.807) is 79.6 Å². The maximum absolute atomic E-state index is 12.0. The number of carbonyl (C=O) groups is 2. The first kappa shape index (κ1) is 39.9. The SMILES string of the molecule is CCCCCCCCCCCCCC[P+](CCCC)(CCCC)CCCC.O=C1O[B-]2(OC(=O)c3ccccc3O2)Oc2ccccc21. The molecule has 2 aliphatic rings. The maximum atomic E-state index is 12.0. The molecule has 0 bridgehead atoms. The second-order valence-electron chi connectivity index (χ2n) is 13.8. The van der Waals surface area contributed by atoms with E-state index in [-0.39, 0.29) is 22.6 Å². The van der Waals surface area contributed by atoms with Crippen LogP contribution in [0.5, 0.6) is 11.5 Å². The molecule has 0 fully saturated rings. The van der Waals surface area contributed by atoms with Gasteiger partial charge >= 0.3 is 18.9 Å². The molecule has 2 aliphatic heterocycles. The molecule has 0 unspecified atom stereocenters. The molecule has 0 amide bonds. The number of benzene rings is 2.